The van der Waals surface area contributed by atoms with Crippen LogP contribution in [0.3, 0.4) is 0 Å². The van der Waals surface area contributed by atoms with Gasteiger partial charge >= 0.3 is 0 Å². The summed E-state index contributed by atoms with van der Waals surface area (Å²) in [5.41, 5.74) is 0.653. The molecule has 0 aliphatic carbocycles. The van der Waals surface area contributed by atoms with Crippen molar-refractivity contribution >= 4 is 28.6 Å². The molecule has 28 heavy (non-hydrogen) atoms. The first kappa shape index (κ1) is 22.4. The molecule has 2 aromatic rings. The van der Waals surface area contributed by atoms with Crippen molar-refractivity contribution in [2.24, 2.45) is 0 Å². The molecule has 2 rings (SSSR count). The van der Waals surface area contributed by atoms with Crippen LogP contribution < -0.4 is 10.9 Å². The maximum atomic E-state index is 13.0. The third-order valence-electron chi connectivity index (χ3n) is 4.76. The van der Waals surface area contributed by atoms with Gasteiger partial charge in [0.25, 0.3) is 5.56 Å². The quantitative estimate of drug-likeness (QED) is 0.334. The predicted octanol–water partition coefficient (Wildman–Crippen LogP) is 3.14. The molecule has 1 amide bonds. The molecule has 0 aliphatic heterocycles. The number of rotatable bonds is 12. The summed E-state index contributed by atoms with van der Waals surface area (Å²) in [6.45, 7) is 10.6. The number of carbonyl (C=O) groups excluding carboxylic acids is 1. The molecule has 154 valence electrons. The van der Waals surface area contributed by atoms with Crippen LogP contribution in [0, 0.1) is 0 Å². The maximum Gasteiger partial charge on any atom is 0.262 e. The fraction of sp³-hybridized carbons (Fsp3) is 0.571. The molecule has 1 aromatic heterocycles. The molecule has 7 heteroatoms. The van der Waals surface area contributed by atoms with Gasteiger partial charge in [-0.3, -0.25) is 14.2 Å². The molecule has 0 saturated heterocycles. The summed E-state index contributed by atoms with van der Waals surface area (Å²) < 4.78 is 1.73. The molecule has 0 fully saturated rings. The van der Waals surface area contributed by atoms with Gasteiger partial charge in [-0.05, 0) is 44.6 Å². The Bertz CT molecular complexity index is 818. The highest BCUT2D eigenvalue weighted by molar-refractivity contribution is 7.99. The molecule has 1 N–H and O–H groups in total. The van der Waals surface area contributed by atoms with Gasteiger partial charge in [0.05, 0.1) is 16.7 Å². The van der Waals surface area contributed by atoms with Gasteiger partial charge in [0.2, 0.25) is 5.91 Å². The van der Waals surface area contributed by atoms with E-state index in [0.717, 1.165) is 38.9 Å². The number of fused-ring (bicyclic) bond motifs is 1. The van der Waals surface area contributed by atoms with E-state index >= 15 is 0 Å². The number of para-hydroxylation sites is 1. The average molecular weight is 405 g/mol. The van der Waals surface area contributed by atoms with Gasteiger partial charge in [0.15, 0.2) is 5.16 Å². The first-order chi connectivity index (χ1) is 13.6. The van der Waals surface area contributed by atoms with Crippen LogP contribution in [-0.4, -0.2) is 52.3 Å². The SMILES string of the molecule is CCCCNC(=O)CSc1nc2ccccc2c(=O)n1CCCN(CC)CC. The highest BCUT2D eigenvalue weighted by atomic mass is 32.2. The van der Waals surface area contributed by atoms with Gasteiger partial charge < -0.3 is 10.2 Å². The molecule has 0 atom stereocenters. The zero-order valence-electron chi connectivity index (χ0n) is 17.2. The lowest BCUT2D eigenvalue weighted by atomic mass is 10.2. The van der Waals surface area contributed by atoms with Crippen molar-refractivity contribution in [3.63, 3.8) is 0 Å². The van der Waals surface area contributed by atoms with Crippen molar-refractivity contribution in [2.75, 3.05) is 31.9 Å². The lowest BCUT2D eigenvalue weighted by molar-refractivity contribution is -0.118. The van der Waals surface area contributed by atoms with Crippen LogP contribution in [0.15, 0.2) is 34.2 Å². The van der Waals surface area contributed by atoms with Crippen molar-refractivity contribution in [1.29, 1.82) is 0 Å². The van der Waals surface area contributed by atoms with Crippen molar-refractivity contribution in [3.8, 4) is 0 Å². The maximum absolute atomic E-state index is 13.0. The van der Waals surface area contributed by atoms with E-state index in [9.17, 15) is 9.59 Å². The van der Waals surface area contributed by atoms with Crippen LogP contribution >= 0.6 is 11.8 Å². The Morgan fingerprint density at radius 2 is 1.93 bits per heavy atom. The van der Waals surface area contributed by atoms with Crippen LogP contribution in [0.2, 0.25) is 0 Å². The highest BCUT2D eigenvalue weighted by Crippen LogP contribution is 2.18. The second-order valence-electron chi connectivity index (χ2n) is 6.74. The van der Waals surface area contributed by atoms with Gasteiger partial charge in [0, 0.05) is 13.1 Å². The van der Waals surface area contributed by atoms with Gasteiger partial charge in [-0.2, -0.15) is 0 Å². The summed E-state index contributed by atoms with van der Waals surface area (Å²) in [7, 11) is 0. The monoisotopic (exact) mass is 404 g/mol. The summed E-state index contributed by atoms with van der Waals surface area (Å²) in [6.07, 6.45) is 2.89. The summed E-state index contributed by atoms with van der Waals surface area (Å²) in [4.78, 5) is 32.1. The molecule has 0 aliphatic rings. The number of unbranched alkanes of at least 4 members (excludes halogenated alkanes) is 1. The van der Waals surface area contributed by atoms with Crippen LogP contribution in [0.25, 0.3) is 10.9 Å². The first-order valence-electron chi connectivity index (χ1n) is 10.2. The molecular formula is C21H32N4O2S. The third-order valence-corrected chi connectivity index (χ3v) is 5.74. The van der Waals surface area contributed by atoms with Gasteiger partial charge in [0.1, 0.15) is 0 Å². The molecule has 1 aromatic carbocycles. The molecule has 0 saturated carbocycles. The summed E-state index contributed by atoms with van der Waals surface area (Å²) in [5.74, 6) is 0.250. The van der Waals surface area contributed by atoms with Crippen molar-refractivity contribution in [1.82, 2.24) is 19.8 Å². The first-order valence-corrected chi connectivity index (χ1v) is 11.2. The zero-order valence-corrected chi connectivity index (χ0v) is 18.1. The fourth-order valence-corrected chi connectivity index (χ4v) is 3.89. The minimum atomic E-state index is -0.0287. The highest BCUT2D eigenvalue weighted by Gasteiger charge is 2.13. The Kier molecular flexibility index (Phi) is 9.50. The Morgan fingerprint density at radius 3 is 2.64 bits per heavy atom. The molecular weight excluding hydrogens is 372 g/mol. The standard InChI is InChI=1S/C21H32N4O2S/c1-4-7-13-22-19(26)16-28-21-23-18-12-9-8-11-17(18)20(27)25(21)15-10-14-24(5-2)6-3/h8-9,11-12H,4-7,10,13-16H2,1-3H3,(H,22,26). The second-order valence-corrected chi connectivity index (χ2v) is 7.68. The van der Waals surface area contributed by atoms with Crippen molar-refractivity contribution in [3.05, 3.63) is 34.6 Å². The van der Waals surface area contributed by atoms with E-state index in [4.69, 9.17) is 0 Å². The fourth-order valence-electron chi connectivity index (χ4n) is 3.03. The second kappa shape index (κ2) is 11.9. The molecule has 0 radical (unpaired) electrons. The molecule has 0 bridgehead atoms. The van der Waals surface area contributed by atoms with Crippen LogP contribution in [0.4, 0.5) is 0 Å². The van der Waals surface area contributed by atoms with E-state index in [1.165, 1.54) is 11.8 Å². The number of aromatic nitrogens is 2. The zero-order chi connectivity index (χ0) is 20.4. The van der Waals surface area contributed by atoms with E-state index in [2.05, 4.69) is 36.0 Å². The summed E-state index contributed by atoms with van der Waals surface area (Å²) in [5, 5.41) is 4.16. The largest absolute Gasteiger partial charge is 0.355 e. The Hall–Kier alpha value is -1.86. The Balaban J connectivity index is 2.16. The van der Waals surface area contributed by atoms with Crippen LogP contribution in [0.1, 0.15) is 40.0 Å². The number of benzene rings is 1. The number of amides is 1. The summed E-state index contributed by atoms with van der Waals surface area (Å²) in [6, 6.07) is 7.41. The number of hydrogen-bond acceptors (Lipinski definition) is 5. The van der Waals surface area contributed by atoms with Crippen molar-refractivity contribution in [2.45, 2.75) is 51.7 Å². The van der Waals surface area contributed by atoms with E-state index < -0.39 is 0 Å². The predicted molar refractivity (Wildman–Crippen MR) is 117 cm³/mol. The van der Waals surface area contributed by atoms with E-state index in [-0.39, 0.29) is 17.2 Å². The third kappa shape index (κ3) is 6.34. The number of thioether (sulfide) groups is 1. The minimum absolute atomic E-state index is 0.0180. The topological polar surface area (TPSA) is 67.2 Å². The lowest BCUT2D eigenvalue weighted by Gasteiger charge is -2.19. The minimum Gasteiger partial charge on any atom is -0.355 e. The van der Waals surface area contributed by atoms with Crippen molar-refractivity contribution < 1.29 is 4.79 Å². The average Bonchev–Trinajstić information content (AvgIpc) is 2.71. The van der Waals surface area contributed by atoms with Crippen LogP contribution in [-0.2, 0) is 11.3 Å². The smallest absolute Gasteiger partial charge is 0.262 e. The number of nitrogens with one attached hydrogen (secondary N) is 1. The molecule has 0 spiro atoms. The number of nitrogens with zero attached hydrogens (tertiary/aromatic N) is 3. The Morgan fingerprint density at radius 1 is 1.18 bits per heavy atom. The molecule has 6 nitrogen and oxygen atoms in total. The van der Waals surface area contributed by atoms with E-state index in [1.807, 2.05) is 24.3 Å². The van der Waals surface area contributed by atoms with E-state index in [0.29, 0.717) is 29.1 Å². The van der Waals surface area contributed by atoms with Gasteiger partial charge in [-0.25, -0.2) is 4.98 Å². The Labute approximate surface area is 171 Å². The van der Waals surface area contributed by atoms with Crippen LogP contribution in [0.5, 0.6) is 0 Å². The van der Waals surface area contributed by atoms with Gasteiger partial charge in [-0.15, -0.1) is 0 Å². The lowest BCUT2D eigenvalue weighted by Crippen LogP contribution is -2.29. The summed E-state index contributed by atoms with van der Waals surface area (Å²) >= 11 is 1.34. The molecule has 1 heterocycles. The molecule has 0 unspecified atom stereocenters. The van der Waals surface area contributed by atoms with Gasteiger partial charge in [-0.1, -0.05) is 51.1 Å². The normalized spacial score (nSPS) is 11.3. The number of hydrogen-bond donors (Lipinski definition) is 1. The van der Waals surface area contributed by atoms with E-state index in [1.54, 1.807) is 4.57 Å². The number of carbonyl (C=O) groups is 1.